The van der Waals surface area contributed by atoms with E-state index in [2.05, 4.69) is 10.2 Å². The van der Waals surface area contributed by atoms with E-state index in [4.69, 9.17) is 11.6 Å². The number of rotatable bonds is 7. The molecule has 0 saturated carbocycles. The predicted molar refractivity (Wildman–Crippen MR) is 138 cm³/mol. The van der Waals surface area contributed by atoms with E-state index in [-0.39, 0.29) is 17.2 Å². The molecule has 0 unspecified atom stereocenters. The van der Waals surface area contributed by atoms with Crippen LogP contribution in [-0.4, -0.2) is 60.9 Å². The van der Waals surface area contributed by atoms with Gasteiger partial charge in [-0.2, -0.15) is 0 Å². The number of hydrogen-bond acceptors (Lipinski definition) is 6. The summed E-state index contributed by atoms with van der Waals surface area (Å²) < 4.78 is 0. The Morgan fingerprint density at radius 1 is 0.971 bits per heavy atom. The molecule has 10 heteroatoms. The Balaban J connectivity index is 1.52. The molecule has 0 spiro atoms. The average Bonchev–Trinajstić information content (AvgIpc) is 3.39. The molecule has 2 aliphatic rings. The van der Waals surface area contributed by atoms with Gasteiger partial charge in [-0.1, -0.05) is 18.5 Å². The number of carbonyl (C=O) groups excluding carboxylic acids is 2. The van der Waals surface area contributed by atoms with Crippen LogP contribution in [0.3, 0.4) is 0 Å². The van der Waals surface area contributed by atoms with Gasteiger partial charge < -0.3 is 20.0 Å². The van der Waals surface area contributed by atoms with Crippen molar-refractivity contribution in [3.8, 4) is 0 Å². The Hall–Kier alpha value is -3.33. The third-order valence-electron chi connectivity index (χ3n) is 6.52. The summed E-state index contributed by atoms with van der Waals surface area (Å²) in [4.78, 5) is 42.6. The van der Waals surface area contributed by atoms with Crippen LogP contribution in [0, 0.1) is 10.1 Å². The third kappa shape index (κ3) is 5.67. The summed E-state index contributed by atoms with van der Waals surface area (Å²) in [5, 5.41) is 15.1. The summed E-state index contributed by atoms with van der Waals surface area (Å²) in [7, 11) is 0. The minimum absolute atomic E-state index is 0.0706. The number of nitrogens with one attached hydrogen (secondary N) is 1. The molecule has 1 N–H and O–H groups in total. The highest BCUT2D eigenvalue weighted by molar-refractivity contribution is 6.31. The summed E-state index contributed by atoms with van der Waals surface area (Å²) in [5.41, 5.74) is 2.01. The van der Waals surface area contributed by atoms with Gasteiger partial charge in [0.05, 0.1) is 16.3 Å². The normalized spacial score (nSPS) is 15.9. The van der Waals surface area contributed by atoms with E-state index in [9.17, 15) is 19.7 Å². The van der Waals surface area contributed by atoms with E-state index in [1.807, 2.05) is 22.8 Å². The molecular weight excluding hydrogens is 470 g/mol. The Bertz CT molecular complexity index is 1110. The van der Waals surface area contributed by atoms with Crippen molar-refractivity contribution in [1.29, 1.82) is 0 Å². The summed E-state index contributed by atoms with van der Waals surface area (Å²) in [5.74, 6) is -0.280. The molecule has 2 amide bonds. The number of benzene rings is 2. The highest BCUT2D eigenvalue weighted by Gasteiger charge is 2.26. The number of halogens is 1. The van der Waals surface area contributed by atoms with Gasteiger partial charge in [-0.15, -0.1) is 0 Å². The maximum absolute atomic E-state index is 13.1. The van der Waals surface area contributed by atoms with Crippen LogP contribution < -0.4 is 15.1 Å². The maximum atomic E-state index is 13.1. The van der Waals surface area contributed by atoms with Crippen molar-refractivity contribution in [3.63, 3.8) is 0 Å². The largest absolute Gasteiger partial charge is 0.366 e. The molecular formula is C25H30ClN5O4. The fourth-order valence-corrected chi connectivity index (χ4v) is 4.86. The SMILES string of the molecule is CCCC(=O)N1CCN(c2ccc(Cl)cc2NC(=O)c2ccc(N3CCCC3)c([N+](=O)[O-])c2)CC1. The van der Waals surface area contributed by atoms with Gasteiger partial charge >= 0.3 is 0 Å². The Morgan fingerprint density at radius 3 is 2.29 bits per heavy atom. The summed E-state index contributed by atoms with van der Waals surface area (Å²) in [6.45, 7) is 6.03. The van der Waals surface area contributed by atoms with E-state index >= 15 is 0 Å². The van der Waals surface area contributed by atoms with Gasteiger partial charge in [0.1, 0.15) is 5.69 Å². The van der Waals surface area contributed by atoms with E-state index in [1.54, 1.807) is 24.3 Å². The number of amides is 2. The summed E-state index contributed by atoms with van der Waals surface area (Å²) in [6.07, 6.45) is 3.37. The number of nitro groups is 1. The molecule has 2 aromatic rings. The molecule has 2 aromatic carbocycles. The van der Waals surface area contributed by atoms with Crippen molar-refractivity contribution in [2.75, 3.05) is 54.4 Å². The van der Waals surface area contributed by atoms with Crippen LogP contribution in [0.5, 0.6) is 0 Å². The molecule has 0 aromatic heterocycles. The molecule has 2 fully saturated rings. The first kappa shape index (κ1) is 24.8. The van der Waals surface area contributed by atoms with E-state index in [0.717, 1.165) is 38.0 Å². The van der Waals surface area contributed by atoms with Gasteiger partial charge in [0.25, 0.3) is 11.6 Å². The second kappa shape index (κ2) is 10.9. The lowest BCUT2D eigenvalue weighted by molar-refractivity contribution is -0.384. The lowest BCUT2D eigenvalue weighted by Gasteiger charge is -2.37. The standard InChI is InChI=1S/C25H30ClN5O4/c1-2-5-24(32)30-14-12-29(13-15-30)21-9-7-19(26)17-20(21)27-25(33)18-6-8-22(23(16-18)31(34)35)28-10-3-4-11-28/h6-9,16-17H,2-5,10-15H2,1H3,(H,27,33). The molecule has 4 rings (SSSR count). The molecule has 0 atom stereocenters. The first-order valence-electron chi connectivity index (χ1n) is 12.0. The van der Waals surface area contributed by atoms with Crippen LogP contribution in [0.1, 0.15) is 43.0 Å². The molecule has 2 saturated heterocycles. The summed E-state index contributed by atoms with van der Waals surface area (Å²) in [6, 6.07) is 9.90. The van der Waals surface area contributed by atoms with Gasteiger partial charge in [0.2, 0.25) is 5.91 Å². The minimum Gasteiger partial charge on any atom is -0.366 e. The van der Waals surface area contributed by atoms with Gasteiger partial charge in [-0.25, -0.2) is 0 Å². The molecule has 2 heterocycles. The number of nitrogens with zero attached hydrogens (tertiary/aromatic N) is 4. The van der Waals surface area contributed by atoms with Crippen LogP contribution in [0.2, 0.25) is 5.02 Å². The average molecular weight is 500 g/mol. The number of nitro benzene ring substituents is 1. The van der Waals surface area contributed by atoms with Gasteiger partial charge in [0.15, 0.2) is 0 Å². The topological polar surface area (TPSA) is 99.0 Å². The summed E-state index contributed by atoms with van der Waals surface area (Å²) >= 11 is 6.23. The van der Waals surface area contributed by atoms with Crippen molar-refractivity contribution in [2.24, 2.45) is 0 Å². The van der Waals surface area contributed by atoms with Crippen LogP contribution in [0.15, 0.2) is 36.4 Å². The highest BCUT2D eigenvalue weighted by Crippen LogP contribution is 2.33. The number of hydrogen-bond donors (Lipinski definition) is 1. The van der Waals surface area contributed by atoms with Crippen molar-refractivity contribution in [3.05, 3.63) is 57.1 Å². The van der Waals surface area contributed by atoms with Crippen LogP contribution in [0.4, 0.5) is 22.7 Å². The van der Waals surface area contributed by atoms with Crippen molar-refractivity contribution in [2.45, 2.75) is 32.6 Å². The Kier molecular flexibility index (Phi) is 7.75. The highest BCUT2D eigenvalue weighted by atomic mass is 35.5. The maximum Gasteiger partial charge on any atom is 0.293 e. The smallest absolute Gasteiger partial charge is 0.293 e. The van der Waals surface area contributed by atoms with Crippen LogP contribution in [-0.2, 0) is 4.79 Å². The molecule has 9 nitrogen and oxygen atoms in total. The zero-order chi connectivity index (χ0) is 24.9. The lowest BCUT2D eigenvalue weighted by atomic mass is 10.1. The number of carbonyl (C=O) groups is 2. The fraction of sp³-hybridized carbons (Fsp3) is 0.440. The molecule has 35 heavy (non-hydrogen) atoms. The van der Waals surface area contributed by atoms with Crippen LogP contribution in [0.25, 0.3) is 0 Å². The van der Waals surface area contributed by atoms with Gasteiger partial charge in [-0.3, -0.25) is 19.7 Å². The first-order chi connectivity index (χ1) is 16.9. The Morgan fingerprint density at radius 2 is 1.63 bits per heavy atom. The van der Waals surface area contributed by atoms with Crippen LogP contribution >= 0.6 is 11.6 Å². The number of piperazine rings is 1. The Labute approximate surface area is 209 Å². The van der Waals surface area contributed by atoms with Crippen molar-refractivity contribution < 1.29 is 14.5 Å². The quantitative estimate of drug-likeness (QED) is 0.443. The predicted octanol–water partition coefficient (Wildman–Crippen LogP) is 4.55. The van der Waals surface area contributed by atoms with Crippen molar-refractivity contribution >= 4 is 46.2 Å². The van der Waals surface area contributed by atoms with Gasteiger partial charge in [0, 0.05) is 62.3 Å². The zero-order valence-electron chi connectivity index (χ0n) is 19.8. The second-order valence-corrected chi connectivity index (χ2v) is 9.32. The van der Waals surface area contributed by atoms with E-state index in [1.165, 1.54) is 6.07 Å². The molecule has 2 aliphatic heterocycles. The zero-order valence-corrected chi connectivity index (χ0v) is 20.6. The first-order valence-corrected chi connectivity index (χ1v) is 12.4. The fourth-order valence-electron chi connectivity index (χ4n) is 4.68. The third-order valence-corrected chi connectivity index (χ3v) is 6.76. The number of anilines is 3. The molecule has 0 radical (unpaired) electrons. The van der Waals surface area contributed by atoms with Crippen molar-refractivity contribution in [1.82, 2.24) is 4.90 Å². The molecule has 0 aliphatic carbocycles. The van der Waals surface area contributed by atoms with Gasteiger partial charge in [-0.05, 0) is 49.6 Å². The minimum atomic E-state index is -0.443. The lowest BCUT2D eigenvalue weighted by Crippen LogP contribution is -2.48. The van der Waals surface area contributed by atoms with E-state index < -0.39 is 10.8 Å². The molecule has 0 bridgehead atoms. The molecule has 186 valence electrons. The monoisotopic (exact) mass is 499 g/mol. The second-order valence-electron chi connectivity index (χ2n) is 8.89. The van der Waals surface area contributed by atoms with E-state index in [0.29, 0.717) is 49.0 Å².